The van der Waals surface area contributed by atoms with Crippen LogP contribution in [0.25, 0.3) is 0 Å². The molecule has 1 atom stereocenters. The Balaban J connectivity index is 1.66. The number of hydrogen-bond donors (Lipinski definition) is 3. The summed E-state index contributed by atoms with van der Waals surface area (Å²) in [5.41, 5.74) is 7.81. The second kappa shape index (κ2) is 4.72. The van der Waals surface area contributed by atoms with Gasteiger partial charge in [-0.2, -0.15) is 4.98 Å². The topological polar surface area (TPSA) is 96.7 Å². The van der Waals surface area contributed by atoms with E-state index >= 15 is 0 Å². The number of aromatic nitrogens is 3. The van der Waals surface area contributed by atoms with Gasteiger partial charge in [0.15, 0.2) is 0 Å². The summed E-state index contributed by atoms with van der Waals surface area (Å²) in [6.07, 6.45) is 1.83. The van der Waals surface area contributed by atoms with Crippen molar-refractivity contribution in [2.45, 2.75) is 25.3 Å². The molecule has 1 aromatic carbocycles. The van der Waals surface area contributed by atoms with E-state index in [1.807, 2.05) is 18.2 Å². The van der Waals surface area contributed by atoms with Gasteiger partial charge in [-0.25, -0.2) is 0 Å². The number of carbonyl (C=O) groups is 1. The van der Waals surface area contributed by atoms with Gasteiger partial charge in [-0.3, -0.25) is 9.89 Å². The fraction of sp³-hybridized carbons (Fsp3) is 0.308. The lowest BCUT2D eigenvalue weighted by atomic mass is 10.0. The Morgan fingerprint density at radius 3 is 3.11 bits per heavy atom. The van der Waals surface area contributed by atoms with Crippen molar-refractivity contribution < 1.29 is 4.79 Å². The first kappa shape index (κ1) is 11.7. The lowest BCUT2D eigenvalue weighted by molar-refractivity contribution is -0.122. The number of amides is 1. The summed E-state index contributed by atoms with van der Waals surface area (Å²) >= 11 is 0. The van der Waals surface area contributed by atoms with Crippen molar-refractivity contribution in [1.29, 1.82) is 0 Å². The molecule has 1 aliphatic carbocycles. The minimum Gasteiger partial charge on any atom is -0.367 e. The van der Waals surface area contributed by atoms with Crippen LogP contribution in [0, 0.1) is 0 Å². The Morgan fingerprint density at radius 1 is 1.47 bits per heavy atom. The summed E-state index contributed by atoms with van der Waals surface area (Å²) in [5, 5.41) is 9.25. The molecule has 6 nitrogen and oxygen atoms in total. The first-order valence-electron chi connectivity index (χ1n) is 6.26. The summed E-state index contributed by atoms with van der Waals surface area (Å²) in [7, 11) is 0. The molecule has 1 amide bonds. The minimum absolute atomic E-state index is 0.0277. The number of H-pyrrole nitrogens is 1. The molecule has 0 bridgehead atoms. The highest BCUT2D eigenvalue weighted by atomic mass is 16.1. The van der Waals surface area contributed by atoms with Crippen LogP contribution in [-0.2, 0) is 17.8 Å². The van der Waals surface area contributed by atoms with E-state index in [0.29, 0.717) is 12.4 Å². The van der Waals surface area contributed by atoms with Gasteiger partial charge in [0, 0.05) is 0 Å². The highest BCUT2D eigenvalue weighted by molar-refractivity contribution is 5.84. The Kier molecular flexibility index (Phi) is 2.91. The standard InChI is InChI=1S/C13H15N5O/c14-13-16-11(17-18-13)7-15-12(19)10-6-5-8-3-1-2-4-9(8)10/h1-4,10H,5-7H2,(H,15,19)(H3,14,16,17,18)/t10-/m0/s1. The Hall–Kier alpha value is -2.37. The molecule has 19 heavy (non-hydrogen) atoms. The van der Waals surface area contributed by atoms with Gasteiger partial charge in [0.05, 0.1) is 12.5 Å². The Morgan fingerprint density at radius 2 is 2.32 bits per heavy atom. The number of nitrogens with two attached hydrogens (primary N) is 1. The first-order valence-corrected chi connectivity index (χ1v) is 6.26. The molecule has 2 aromatic rings. The third kappa shape index (κ3) is 2.29. The van der Waals surface area contributed by atoms with Crippen LogP contribution in [0.15, 0.2) is 24.3 Å². The highest BCUT2D eigenvalue weighted by Crippen LogP contribution is 2.32. The molecule has 0 fully saturated rings. The lowest BCUT2D eigenvalue weighted by Gasteiger charge is -2.11. The third-order valence-electron chi connectivity index (χ3n) is 3.43. The van der Waals surface area contributed by atoms with Crippen molar-refractivity contribution in [3.8, 4) is 0 Å². The molecule has 0 spiro atoms. The number of fused-ring (bicyclic) bond motifs is 1. The fourth-order valence-corrected chi connectivity index (χ4v) is 2.51. The quantitative estimate of drug-likeness (QED) is 0.755. The number of nitrogen functional groups attached to an aromatic ring is 1. The van der Waals surface area contributed by atoms with Gasteiger partial charge in [0.2, 0.25) is 11.9 Å². The second-order valence-corrected chi connectivity index (χ2v) is 4.65. The van der Waals surface area contributed by atoms with Crippen molar-refractivity contribution in [2.75, 3.05) is 5.73 Å². The SMILES string of the molecule is Nc1n[nH]c(CNC(=O)[C@H]2CCc3ccccc32)n1. The van der Waals surface area contributed by atoms with Gasteiger partial charge < -0.3 is 11.1 Å². The maximum atomic E-state index is 12.2. The van der Waals surface area contributed by atoms with Crippen LogP contribution in [-0.4, -0.2) is 21.1 Å². The van der Waals surface area contributed by atoms with Crippen LogP contribution >= 0.6 is 0 Å². The summed E-state index contributed by atoms with van der Waals surface area (Å²) in [5.74, 6) is 0.726. The number of rotatable bonds is 3. The van der Waals surface area contributed by atoms with E-state index in [1.54, 1.807) is 0 Å². The van der Waals surface area contributed by atoms with Crippen LogP contribution in [0.1, 0.15) is 29.3 Å². The zero-order valence-corrected chi connectivity index (χ0v) is 10.4. The Labute approximate surface area is 110 Å². The molecule has 98 valence electrons. The maximum Gasteiger partial charge on any atom is 0.239 e. The van der Waals surface area contributed by atoms with Crippen LogP contribution < -0.4 is 11.1 Å². The van der Waals surface area contributed by atoms with Crippen LogP contribution in [0.4, 0.5) is 5.95 Å². The summed E-state index contributed by atoms with van der Waals surface area (Å²) < 4.78 is 0. The number of aromatic amines is 1. The molecule has 0 saturated heterocycles. The number of anilines is 1. The average molecular weight is 257 g/mol. The van der Waals surface area contributed by atoms with Crippen molar-refractivity contribution in [3.05, 3.63) is 41.2 Å². The number of nitrogens with one attached hydrogen (secondary N) is 2. The van der Waals surface area contributed by atoms with E-state index in [0.717, 1.165) is 18.4 Å². The van der Waals surface area contributed by atoms with Gasteiger partial charge in [-0.05, 0) is 24.0 Å². The van der Waals surface area contributed by atoms with Gasteiger partial charge in [-0.15, -0.1) is 5.10 Å². The fourth-order valence-electron chi connectivity index (χ4n) is 2.51. The first-order chi connectivity index (χ1) is 9.24. The normalized spacial score (nSPS) is 17.2. The van der Waals surface area contributed by atoms with Crippen molar-refractivity contribution in [3.63, 3.8) is 0 Å². The molecule has 1 heterocycles. The van der Waals surface area contributed by atoms with Crippen LogP contribution in [0.2, 0.25) is 0 Å². The molecule has 0 aliphatic heterocycles. The van der Waals surface area contributed by atoms with Crippen LogP contribution in [0.3, 0.4) is 0 Å². The average Bonchev–Trinajstić information content (AvgIpc) is 3.02. The van der Waals surface area contributed by atoms with E-state index in [9.17, 15) is 4.79 Å². The van der Waals surface area contributed by atoms with E-state index in [2.05, 4.69) is 26.6 Å². The molecule has 1 aliphatic rings. The van der Waals surface area contributed by atoms with Crippen molar-refractivity contribution in [1.82, 2.24) is 20.5 Å². The van der Waals surface area contributed by atoms with E-state index in [1.165, 1.54) is 5.56 Å². The number of hydrogen-bond acceptors (Lipinski definition) is 4. The number of nitrogens with zero attached hydrogens (tertiary/aromatic N) is 2. The number of carbonyl (C=O) groups excluding carboxylic acids is 1. The van der Waals surface area contributed by atoms with Crippen molar-refractivity contribution >= 4 is 11.9 Å². The zero-order chi connectivity index (χ0) is 13.2. The highest BCUT2D eigenvalue weighted by Gasteiger charge is 2.27. The molecule has 4 N–H and O–H groups in total. The molecule has 0 saturated carbocycles. The van der Waals surface area contributed by atoms with Crippen molar-refractivity contribution in [2.24, 2.45) is 0 Å². The minimum atomic E-state index is -0.0588. The summed E-state index contributed by atoms with van der Waals surface area (Å²) in [4.78, 5) is 16.1. The van der Waals surface area contributed by atoms with Gasteiger partial charge >= 0.3 is 0 Å². The predicted octanol–water partition coefficient (Wildman–Crippen LogP) is 0.733. The molecule has 0 radical (unpaired) electrons. The summed E-state index contributed by atoms with van der Waals surface area (Å²) in [6.45, 7) is 0.321. The van der Waals surface area contributed by atoms with E-state index in [4.69, 9.17) is 5.73 Å². The van der Waals surface area contributed by atoms with Gasteiger partial charge in [-0.1, -0.05) is 24.3 Å². The molecule has 0 unspecified atom stereocenters. The smallest absolute Gasteiger partial charge is 0.239 e. The third-order valence-corrected chi connectivity index (χ3v) is 3.43. The zero-order valence-electron chi connectivity index (χ0n) is 10.4. The van der Waals surface area contributed by atoms with Gasteiger partial charge in [0.1, 0.15) is 5.82 Å². The molecule has 1 aromatic heterocycles. The Bertz CT molecular complexity index is 607. The summed E-state index contributed by atoms with van der Waals surface area (Å²) in [6, 6.07) is 8.09. The predicted molar refractivity (Wildman–Crippen MR) is 70.1 cm³/mol. The largest absolute Gasteiger partial charge is 0.367 e. The number of aryl methyl sites for hydroxylation is 1. The van der Waals surface area contributed by atoms with Crippen LogP contribution in [0.5, 0.6) is 0 Å². The molecular weight excluding hydrogens is 242 g/mol. The molecular formula is C13H15N5O. The monoisotopic (exact) mass is 257 g/mol. The number of benzene rings is 1. The van der Waals surface area contributed by atoms with Gasteiger partial charge in [0.25, 0.3) is 0 Å². The van der Waals surface area contributed by atoms with E-state index in [-0.39, 0.29) is 17.8 Å². The second-order valence-electron chi connectivity index (χ2n) is 4.65. The lowest BCUT2D eigenvalue weighted by Crippen LogP contribution is -2.28. The molecule has 3 rings (SSSR count). The molecule has 6 heteroatoms. The maximum absolute atomic E-state index is 12.2. The van der Waals surface area contributed by atoms with E-state index < -0.39 is 0 Å².